The average Bonchev–Trinajstić information content (AvgIpc) is 3.42. The number of nitrogens with zero attached hydrogens (tertiary/aromatic N) is 1. The van der Waals surface area contributed by atoms with Gasteiger partial charge in [-0.3, -0.25) is 0 Å². The van der Waals surface area contributed by atoms with Gasteiger partial charge in [0.15, 0.2) is 0 Å². The van der Waals surface area contributed by atoms with Gasteiger partial charge in [0.2, 0.25) is 0 Å². The van der Waals surface area contributed by atoms with Crippen molar-refractivity contribution in [1.82, 2.24) is 10.5 Å². The molecule has 3 aliphatic carbocycles. The Bertz CT molecular complexity index is 895. The third kappa shape index (κ3) is 3.95. The van der Waals surface area contributed by atoms with Gasteiger partial charge in [-0.2, -0.15) is 0 Å². The van der Waals surface area contributed by atoms with Crippen molar-refractivity contribution in [1.29, 1.82) is 0 Å². The number of benzene rings is 1. The quantitative estimate of drug-likeness (QED) is 0.703. The molecule has 0 amide bonds. The highest BCUT2D eigenvalue weighted by Gasteiger charge is 2.42. The second-order valence-electron chi connectivity index (χ2n) is 8.83. The fourth-order valence-corrected chi connectivity index (χ4v) is 5.16. The van der Waals surface area contributed by atoms with Gasteiger partial charge in [-0.15, -0.1) is 13.2 Å². The van der Waals surface area contributed by atoms with Gasteiger partial charge in [0.25, 0.3) is 0 Å². The first-order valence-corrected chi connectivity index (χ1v) is 10.6. The first-order chi connectivity index (χ1) is 14.4. The van der Waals surface area contributed by atoms with Gasteiger partial charge < -0.3 is 19.7 Å². The van der Waals surface area contributed by atoms with Gasteiger partial charge in [0.05, 0.1) is 6.10 Å². The maximum atomic E-state index is 12.9. The van der Waals surface area contributed by atoms with E-state index in [1.165, 1.54) is 12.1 Å². The largest absolute Gasteiger partial charge is 0.573 e. The van der Waals surface area contributed by atoms with Gasteiger partial charge in [-0.25, -0.2) is 0 Å². The predicted octanol–water partition coefficient (Wildman–Crippen LogP) is 4.76. The smallest absolute Gasteiger partial charge is 0.405 e. The summed E-state index contributed by atoms with van der Waals surface area (Å²) in [7, 11) is 0. The Labute approximate surface area is 172 Å². The van der Waals surface area contributed by atoms with Crippen molar-refractivity contribution in [3.05, 3.63) is 35.6 Å². The number of aromatic nitrogens is 1. The first kappa shape index (κ1) is 19.9. The second-order valence-corrected chi connectivity index (χ2v) is 8.83. The molecule has 8 heteroatoms. The van der Waals surface area contributed by atoms with Crippen LogP contribution in [0, 0.1) is 11.8 Å². The van der Waals surface area contributed by atoms with E-state index in [-0.39, 0.29) is 29.4 Å². The van der Waals surface area contributed by atoms with Crippen LogP contribution in [0.2, 0.25) is 0 Å². The second kappa shape index (κ2) is 7.57. The van der Waals surface area contributed by atoms with Crippen LogP contribution in [0.15, 0.2) is 28.8 Å². The molecule has 2 N–H and O–H groups in total. The summed E-state index contributed by atoms with van der Waals surface area (Å²) >= 11 is 0. The van der Waals surface area contributed by atoms with Crippen molar-refractivity contribution in [3.8, 4) is 17.0 Å². The van der Waals surface area contributed by atoms with Gasteiger partial charge in [-0.1, -0.05) is 17.3 Å². The molecule has 162 valence electrons. The Morgan fingerprint density at radius 1 is 1.10 bits per heavy atom. The van der Waals surface area contributed by atoms with E-state index < -0.39 is 6.36 Å². The number of aliphatic hydroxyl groups is 1. The fraction of sp³-hybridized carbons (Fsp3) is 0.591. The Morgan fingerprint density at radius 3 is 2.47 bits per heavy atom. The standard InChI is InChI=1S/C22H25F3N2O3/c23-22(24,25)29-18-4-2-1-3-16(18)19-17(21(30-27-19)12-5-6-12)11-26-15-9-13-7-8-14(10-15)20(13)28/h1-4,12-15,20,26,28H,5-11H2/t13-,14+,15?,20?. The number of hydrogen-bond acceptors (Lipinski definition) is 5. The molecule has 3 aliphatic rings. The lowest BCUT2D eigenvalue weighted by molar-refractivity contribution is -0.274. The topological polar surface area (TPSA) is 67.5 Å². The Balaban J connectivity index is 1.40. The maximum absolute atomic E-state index is 12.9. The van der Waals surface area contributed by atoms with Crippen molar-refractivity contribution in [2.24, 2.45) is 11.8 Å². The van der Waals surface area contributed by atoms with E-state index in [1.54, 1.807) is 12.1 Å². The van der Waals surface area contributed by atoms with E-state index in [1.807, 2.05) is 0 Å². The molecular weight excluding hydrogens is 397 g/mol. The number of hydrogen-bond donors (Lipinski definition) is 2. The van der Waals surface area contributed by atoms with Crippen molar-refractivity contribution in [2.45, 2.75) is 69.5 Å². The molecule has 4 atom stereocenters. The summed E-state index contributed by atoms with van der Waals surface area (Å²) < 4.78 is 48.5. The average molecular weight is 422 g/mol. The van der Waals surface area contributed by atoms with E-state index in [0.717, 1.165) is 49.8 Å². The minimum atomic E-state index is -4.78. The van der Waals surface area contributed by atoms with Crippen molar-refractivity contribution in [3.63, 3.8) is 0 Å². The molecule has 3 fully saturated rings. The van der Waals surface area contributed by atoms with Crippen LogP contribution in [0.1, 0.15) is 55.8 Å². The molecule has 0 aliphatic heterocycles. The summed E-state index contributed by atoms with van der Waals surface area (Å²) in [5.41, 5.74) is 1.50. The molecule has 1 heterocycles. The van der Waals surface area contributed by atoms with Crippen LogP contribution in [0.25, 0.3) is 11.3 Å². The highest BCUT2D eigenvalue weighted by Crippen LogP contribution is 2.46. The van der Waals surface area contributed by atoms with Crippen molar-refractivity contribution < 1.29 is 27.5 Å². The number of alkyl halides is 3. The zero-order valence-electron chi connectivity index (χ0n) is 16.5. The number of ether oxygens (including phenoxy) is 1. The van der Waals surface area contributed by atoms with E-state index in [9.17, 15) is 18.3 Å². The highest BCUT2D eigenvalue weighted by atomic mass is 19.4. The molecule has 1 aromatic heterocycles. The van der Waals surface area contributed by atoms with Crippen LogP contribution < -0.4 is 10.1 Å². The van der Waals surface area contributed by atoms with Crippen molar-refractivity contribution >= 4 is 0 Å². The molecule has 2 bridgehead atoms. The fourth-order valence-electron chi connectivity index (χ4n) is 5.16. The lowest BCUT2D eigenvalue weighted by atomic mass is 9.83. The lowest BCUT2D eigenvalue weighted by Crippen LogP contribution is -2.40. The number of halogens is 3. The third-order valence-corrected chi connectivity index (χ3v) is 6.75. The summed E-state index contributed by atoms with van der Waals surface area (Å²) in [6.45, 7) is 0.477. The molecule has 2 aromatic rings. The number of fused-ring (bicyclic) bond motifs is 2. The SMILES string of the molecule is OC1[C@@H]2CC[C@H]1CC(NCc1c(-c3ccccc3OC(F)(F)F)noc1C1CC1)C2. The first-order valence-electron chi connectivity index (χ1n) is 10.6. The predicted molar refractivity (Wildman–Crippen MR) is 103 cm³/mol. The van der Waals surface area contributed by atoms with Gasteiger partial charge in [-0.05, 0) is 62.5 Å². The van der Waals surface area contributed by atoms with Crippen LogP contribution in [0.3, 0.4) is 0 Å². The Kier molecular flexibility index (Phi) is 5.01. The minimum absolute atomic E-state index is 0.192. The van der Waals surface area contributed by atoms with Crippen molar-refractivity contribution in [2.75, 3.05) is 0 Å². The van der Waals surface area contributed by atoms with Gasteiger partial charge >= 0.3 is 6.36 Å². The number of nitrogens with one attached hydrogen (secondary N) is 1. The van der Waals surface area contributed by atoms with Gasteiger partial charge in [0, 0.05) is 29.6 Å². The number of para-hydroxylation sites is 1. The lowest BCUT2D eigenvalue weighted by Gasteiger charge is -2.32. The van der Waals surface area contributed by atoms with E-state index in [4.69, 9.17) is 4.52 Å². The zero-order valence-corrected chi connectivity index (χ0v) is 16.5. The zero-order chi connectivity index (χ0) is 20.9. The van der Waals surface area contributed by atoms with Gasteiger partial charge in [0.1, 0.15) is 17.2 Å². The van der Waals surface area contributed by atoms with E-state index >= 15 is 0 Å². The summed E-state index contributed by atoms with van der Waals surface area (Å²) in [4.78, 5) is 0. The molecular formula is C22H25F3N2O3. The minimum Gasteiger partial charge on any atom is -0.405 e. The monoisotopic (exact) mass is 422 g/mol. The molecule has 2 unspecified atom stereocenters. The molecule has 0 saturated heterocycles. The van der Waals surface area contributed by atoms with E-state index in [2.05, 4.69) is 15.2 Å². The molecule has 30 heavy (non-hydrogen) atoms. The summed E-state index contributed by atoms with van der Waals surface area (Å²) in [5.74, 6) is 1.45. The van der Waals surface area contributed by atoms with Crippen LogP contribution >= 0.6 is 0 Å². The summed E-state index contributed by atoms with van der Waals surface area (Å²) in [5, 5.41) is 18.0. The molecule has 3 saturated carbocycles. The number of aliphatic hydroxyl groups excluding tert-OH is 1. The molecule has 5 nitrogen and oxygen atoms in total. The summed E-state index contributed by atoms with van der Waals surface area (Å²) in [6, 6.07) is 6.33. The Hall–Kier alpha value is -2.06. The summed E-state index contributed by atoms with van der Waals surface area (Å²) in [6.07, 6.45) is 1.01. The normalized spacial score (nSPS) is 28.7. The Morgan fingerprint density at radius 2 is 1.80 bits per heavy atom. The van der Waals surface area contributed by atoms with Crippen LogP contribution in [-0.4, -0.2) is 28.8 Å². The molecule has 0 radical (unpaired) electrons. The van der Waals surface area contributed by atoms with Crippen LogP contribution in [0.5, 0.6) is 5.75 Å². The van der Waals surface area contributed by atoms with E-state index in [0.29, 0.717) is 24.1 Å². The third-order valence-electron chi connectivity index (χ3n) is 6.75. The van der Waals surface area contributed by atoms with Crippen LogP contribution in [0.4, 0.5) is 13.2 Å². The highest BCUT2D eigenvalue weighted by molar-refractivity contribution is 5.70. The molecule has 5 rings (SSSR count). The number of rotatable bonds is 6. The molecule has 0 spiro atoms. The van der Waals surface area contributed by atoms with Crippen LogP contribution in [-0.2, 0) is 6.54 Å². The maximum Gasteiger partial charge on any atom is 0.573 e. The molecule has 1 aromatic carbocycles.